The van der Waals surface area contributed by atoms with Gasteiger partial charge in [-0.2, -0.15) is 0 Å². The number of carbonyl (C=O) groups excluding carboxylic acids is 1. The zero-order valence-electron chi connectivity index (χ0n) is 9.62. The molecule has 0 aliphatic rings. The Morgan fingerprint density at radius 3 is 1.90 bits per heavy atom. The van der Waals surface area contributed by atoms with E-state index in [4.69, 9.17) is 20.0 Å². The molecule has 0 aromatic carbocycles. The van der Waals surface area contributed by atoms with Gasteiger partial charge >= 0.3 is 15.4 Å². The van der Waals surface area contributed by atoms with Crippen molar-refractivity contribution >= 4 is 21.7 Å². The van der Waals surface area contributed by atoms with Crippen molar-refractivity contribution in [2.75, 3.05) is 6.61 Å². The molecule has 1 unspecified atom stereocenters. The molecule has 0 aromatic heterocycles. The van der Waals surface area contributed by atoms with E-state index >= 15 is 0 Å². The van der Waals surface area contributed by atoms with Gasteiger partial charge in [0.2, 0.25) is 5.34 Å². The minimum absolute atomic E-state index is 0.294. The molecule has 0 bridgehead atoms. The van der Waals surface area contributed by atoms with Crippen molar-refractivity contribution < 1.29 is 58.4 Å². The fourth-order valence-electron chi connectivity index (χ4n) is 1.11. The molecule has 0 aliphatic heterocycles. The van der Waals surface area contributed by atoms with Gasteiger partial charge in [0.25, 0.3) is 0 Å². The molecular weight excluding hydrogens is 326 g/mol. The highest BCUT2D eigenvalue weighted by Crippen LogP contribution is 2.64. The molecule has 0 spiro atoms. The van der Waals surface area contributed by atoms with E-state index in [0.717, 1.165) is 0 Å². The van der Waals surface area contributed by atoms with Gasteiger partial charge < -0.3 is 45.0 Å². The smallest absolute Gasteiger partial charge is 0.393 e. The Hall–Kier alpha value is -0.230. The largest absolute Gasteiger partial charge is 0.476 e. The Kier molecular flexibility index (Phi) is 6.61. The molecule has 20 heavy (non-hydrogen) atoms. The minimum Gasteiger partial charge on any atom is -0.393 e. The molecule has 5 atom stereocenters. The number of carbonyl (C=O) groups is 1. The third kappa shape index (κ3) is 4.38. The predicted molar refractivity (Wildman–Crippen MR) is 59.1 cm³/mol. The van der Waals surface area contributed by atoms with Gasteiger partial charge in [-0.3, -0.25) is 4.57 Å². The number of aliphatic hydroxyl groups is 5. The summed E-state index contributed by atoms with van der Waals surface area (Å²) in [6, 6.07) is 0. The second kappa shape index (κ2) is 6.69. The second-order valence-electron chi connectivity index (χ2n) is 3.69. The van der Waals surface area contributed by atoms with Gasteiger partial charge in [0.1, 0.15) is 18.3 Å². The average molecular weight is 340 g/mol. The highest BCUT2D eigenvalue weighted by molar-refractivity contribution is 7.64. The van der Waals surface area contributed by atoms with Crippen molar-refractivity contribution in [3.05, 3.63) is 0 Å². The SMILES string of the molecule is O=C[C@H](O)[C@@H](O)[C@@H](O)[C@](O)(CO)P(=O)(O)OP(=O)(O)O. The summed E-state index contributed by atoms with van der Waals surface area (Å²) in [6.07, 6.45) is -7.98. The van der Waals surface area contributed by atoms with E-state index < -0.39 is 45.7 Å². The van der Waals surface area contributed by atoms with Crippen LogP contribution in [-0.2, 0) is 18.2 Å². The van der Waals surface area contributed by atoms with Crippen LogP contribution in [0.5, 0.6) is 0 Å². The lowest BCUT2D eigenvalue weighted by molar-refractivity contribution is -0.147. The molecule has 0 amide bonds. The number of phosphoric acid groups is 1. The first-order chi connectivity index (χ1) is 8.82. The minimum atomic E-state index is -5.79. The molecule has 0 heterocycles. The van der Waals surface area contributed by atoms with E-state index in [1.54, 1.807) is 0 Å². The average Bonchev–Trinajstić information content (AvgIpc) is 2.31. The van der Waals surface area contributed by atoms with Gasteiger partial charge in [-0.1, -0.05) is 0 Å². The summed E-state index contributed by atoms with van der Waals surface area (Å²) in [7, 11) is -11.4. The topological polar surface area (TPSA) is 222 Å². The molecule has 120 valence electrons. The molecule has 0 aliphatic carbocycles. The summed E-state index contributed by atoms with van der Waals surface area (Å²) in [4.78, 5) is 36.2. The Bertz CT molecular complexity index is 432. The number of aliphatic hydroxyl groups excluding tert-OH is 4. The van der Waals surface area contributed by atoms with Gasteiger partial charge in [0.05, 0.1) is 6.61 Å². The molecule has 0 radical (unpaired) electrons. The summed E-state index contributed by atoms with van der Waals surface area (Å²) in [5.41, 5.74) is 0. The summed E-state index contributed by atoms with van der Waals surface area (Å²) >= 11 is 0. The van der Waals surface area contributed by atoms with Crippen LogP contribution >= 0.6 is 15.4 Å². The number of hydrogen-bond donors (Lipinski definition) is 8. The van der Waals surface area contributed by atoms with Crippen LogP contribution in [0.1, 0.15) is 0 Å². The monoisotopic (exact) mass is 340 g/mol. The summed E-state index contributed by atoms with van der Waals surface area (Å²) in [6.45, 7) is -1.79. The maximum Gasteiger partial charge on any atom is 0.476 e. The molecular formula is C6H14O12P2. The van der Waals surface area contributed by atoms with Crippen molar-refractivity contribution in [3.63, 3.8) is 0 Å². The zero-order valence-corrected chi connectivity index (χ0v) is 11.4. The van der Waals surface area contributed by atoms with Crippen LogP contribution in [0.25, 0.3) is 0 Å². The van der Waals surface area contributed by atoms with Crippen molar-refractivity contribution in [2.24, 2.45) is 0 Å². The summed E-state index contributed by atoms with van der Waals surface area (Å²) in [5, 5.41) is 42.4. The van der Waals surface area contributed by atoms with Crippen LogP contribution in [0, 0.1) is 0 Å². The normalized spacial score (nSPS) is 23.2. The molecule has 0 fully saturated rings. The van der Waals surface area contributed by atoms with Crippen molar-refractivity contribution in [3.8, 4) is 0 Å². The number of rotatable bonds is 8. The maximum absolute atomic E-state index is 11.5. The van der Waals surface area contributed by atoms with E-state index in [1.165, 1.54) is 0 Å². The van der Waals surface area contributed by atoms with Crippen molar-refractivity contribution in [1.82, 2.24) is 0 Å². The maximum atomic E-state index is 11.5. The Balaban J connectivity index is 5.53. The van der Waals surface area contributed by atoms with E-state index in [9.17, 15) is 34.1 Å². The van der Waals surface area contributed by atoms with Crippen molar-refractivity contribution in [2.45, 2.75) is 23.7 Å². The van der Waals surface area contributed by atoms with Gasteiger partial charge in [-0.25, -0.2) is 8.88 Å². The van der Waals surface area contributed by atoms with Crippen LogP contribution in [0.15, 0.2) is 0 Å². The van der Waals surface area contributed by atoms with E-state index in [1.807, 2.05) is 0 Å². The second-order valence-corrected chi connectivity index (χ2v) is 7.14. The van der Waals surface area contributed by atoms with Gasteiger partial charge in [0, 0.05) is 0 Å². The molecule has 0 saturated carbocycles. The number of aldehydes is 1. The first kappa shape index (κ1) is 19.8. The third-order valence-corrected chi connectivity index (χ3v) is 5.35. The zero-order chi connectivity index (χ0) is 16.4. The molecule has 12 nitrogen and oxygen atoms in total. The van der Waals surface area contributed by atoms with Crippen LogP contribution in [0.2, 0.25) is 0 Å². The van der Waals surface area contributed by atoms with Gasteiger partial charge in [0.15, 0.2) is 6.29 Å². The fraction of sp³-hybridized carbons (Fsp3) is 0.833. The van der Waals surface area contributed by atoms with Gasteiger partial charge in [-0.05, 0) is 0 Å². The fourth-order valence-corrected chi connectivity index (χ4v) is 3.49. The van der Waals surface area contributed by atoms with E-state index in [2.05, 4.69) is 4.31 Å². The Morgan fingerprint density at radius 2 is 1.60 bits per heavy atom. The Labute approximate surface area is 111 Å². The first-order valence-electron chi connectivity index (χ1n) is 4.75. The molecule has 0 rings (SSSR count). The van der Waals surface area contributed by atoms with E-state index in [0.29, 0.717) is 0 Å². The summed E-state index contributed by atoms with van der Waals surface area (Å²) in [5.74, 6) is 0. The highest BCUT2D eigenvalue weighted by atomic mass is 31.3. The van der Waals surface area contributed by atoms with E-state index in [-0.39, 0.29) is 6.29 Å². The molecule has 0 saturated heterocycles. The highest BCUT2D eigenvalue weighted by Gasteiger charge is 2.58. The summed E-state index contributed by atoms with van der Waals surface area (Å²) < 4.78 is 25.4. The first-order valence-corrected chi connectivity index (χ1v) is 7.85. The lowest BCUT2D eigenvalue weighted by Gasteiger charge is -2.36. The predicted octanol–water partition coefficient (Wildman–Crippen LogP) is -3.76. The number of hydrogen-bond acceptors (Lipinski definition) is 9. The quantitative estimate of drug-likeness (QED) is 0.158. The van der Waals surface area contributed by atoms with Gasteiger partial charge in [-0.15, -0.1) is 0 Å². The van der Waals surface area contributed by atoms with Crippen LogP contribution < -0.4 is 0 Å². The van der Waals surface area contributed by atoms with Crippen LogP contribution in [0.3, 0.4) is 0 Å². The molecule has 0 aromatic rings. The lowest BCUT2D eigenvalue weighted by atomic mass is 10.0. The standard InChI is InChI=1S/C6H14O12P2/c7-1-3(9)4(10)5(11)6(12,2-8)19(13,14)18-20(15,16)17/h1,3-5,8-12H,2H2,(H,13,14)(H2,15,16,17)/t3-,4+,5+,6-/m0/s1. The third-order valence-electron chi connectivity index (χ3n) is 2.23. The van der Waals surface area contributed by atoms with Crippen LogP contribution in [0.4, 0.5) is 0 Å². The molecule has 14 heteroatoms. The Morgan fingerprint density at radius 1 is 1.15 bits per heavy atom. The van der Waals surface area contributed by atoms with Crippen LogP contribution in [-0.4, -0.2) is 76.8 Å². The van der Waals surface area contributed by atoms with Crippen molar-refractivity contribution in [1.29, 1.82) is 0 Å². The lowest BCUT2D eigenvalue weighted by Crippen LogP contribution is -2.55. The molecule has 8 N–H and O–H groups in total.